The SMILES string of the molecule is CNC(C)(C#N)CCCCOC1CCCCC1C. The lowest BCUT2D eigenvalue weighted by Gasteiger charge is -2.29. The van der Waals surface area contributed by atoms with Gasteiger partial charge in [-0.3, -0.25) is 0 Å². The number of hydrogen-bond acceptors (Lipinski definition) is 3. The van der Waals surface area contributed by atoms with Crippen molar-refractivity contribution in [1.29, 1.82) is 5.26 Å². The molecule has 1 rings (SSSR count). The minimum atomic E-state index is -0.377. The molecule has 0 amide bonds. The number of unbranched alkanes of at least 4 members (excludes halogenated alkanes) is 1. The molecule has 0 aromatic rings. The number of rotatable bonds is 7. The summed E-state index contributed by atoms with van der Waals surface area (Å²) >= 11 is 0. The molecule has 0 saturated heterocycles. The quantitative estimate of drug-likeness (QED) is 0.707. The summed E-state index contributed by atoms with van der Waals surface area (Å²) in [7, 11) is 1.85. The van der Waals surface area contributed by atoms with Crippen LogP contribution in [0.3, 0.4) is 0 Å². The third-order valence-corrected chi connectivity index (χ3v) is 4.23. The Bertz CT molecular complexity index is 274. The normalized spacial score (nSPS) is 27.4. The average Bonchev–Trinajstić information content (AvgIpc) is 2.40. The van der Waals surface area contributed by atoms with E-state index in [-0.39, 0.29) is 5.54 Å². The molecule has 104 valence electrons. The van der Waals surface area contributed by atoms with Gasteiger partial charge < -0.3 is 10.1 Å². The molecular formula is C15H28N2O. The smallest absolute Gasteiger partial charge is 0.103 e. The fourth-order valence-corrected chi connectivity index (χ4v) is 2.58. The largest absolute Gasteiger partial charge is 0.378 e. The Hall–Kier alpha value is -0.590. The van der Waals surface area contributed by atoms with Gasteiger partial charge in [-0.15, -0.1) is 0 Å². The fraction of sp³-hybridized carbons (Fsp3) is 0.933. The standard InChI is InChI=1S/C15H28N2O/c1-13-8-4-5-9-14(13)18-11-7-6-10-15(2,12-16)17-3/h13-14,17H,4-11H2,1-3H3. The van der Waals surface area contributed by atoms with E-state index in [9.17, 15) is 0 Å². The number of nitrogens with one attached hydrogen (secondary N) is 1. The number of ether oxygens (including phenoxy) is 1. The van der Waals surface area contributed by atoms with Crippen LogP contribution in [-0.2, 0) is 4.74 Å². The van der Waals surface area contributed by atoms with Crippen LogP contribution in [0, 0.1) is 17.2 Å². The minimum absolute atomic E-state index is 0.377. The lowest BCUT2D eigenvalue weighted by molar-refractivity contribution is -0.00680. The van der Waals surface area contributed by atoms with E-state index in [1.54, 1.807) is 0 Å². The van der Waals surface area contributed by atoms with E-state index in [0.29, 0.717) is 6.10 Å². The molecule has 1 aliphatic carbocycles. The first-order valence-electron chi connectivity index (χ1n) is 7.33. The van der Waals surface area contributed by atoms with Gasteiger partial charge in [0.15, 0.2) is 0 Å². The highest BCUT2D eigenvalue weighted by molar-refractivity contribution is 5.02. The van der Waals surface area contributed by atoms with Crippen molar-refractivity contribution in [2.24, 2.45) is 5.92 Å². The van der Waals surface area contributed by atoms with E-state index in [4.69, 9.17) is 10.00 Å². The number of nitriles is 1. The molecule has 1 N–H and O–H groups in total. The van der Waals surface area contributed by atoms with Gasteiger partial charge in [0.25, 0.3) is 0 Å². The first kappa shape index (κ1) is 15.5. The van der Waals surface area contributed by atoms with Gasteiger partial charge in [0, 0.05) is 6.61 Å². The summed E-state index contributed by atoms with van der Waals surface area (Å²) in [5.74, 6) is 0.723. The number of nitrogens with zero attached hydrogens (tertiary/aromatic N) is 1. The Balaban J connectivity index is 2.10. The summed E-state index contributed by atoms with van der Waals surface area (Å²) in [6, 6.07) is 2.32. The van der Waals surface area contributed by atoms with Crippen LogP contribution in [0.1, 0.15) is 58.8 Å². The van der Waals surface area contributed by atoms with Crippen molar-refractivity contribution in [1.82, 2.24) is 5.32 Å². The van der Waals surface area contributed by atoms with Crippen molar-refractivity contribution in [3.05, 3.63) is 0 Å². The summed E-state index contributed by atoms with van der Waals surface area (Å²) in [5.41, 5.74) is -0.377. The van der Waals surface area contributed by atoms with Crippen LogP contribution in [0.4, 0.5) is 0 Å². The third-order valence-electron chi connectivity index (χ3n) is 4.23. The molecule has 3 heteroatoms. The first-order chi connectivity index (χ1) is 8.61. The van der Waals surface area contributed by atoms with Gasteiger partial charge in [-0.1, -0.05) is 19.8 Å². The molecule has 3 unspecified atom stereocenters. The van der Waals surface area contributed by atoms with Crippen molar-refractivity contribution in [2.45, 2.75) is 70.4 Å². The van der Waals surface area contributed by atoms with Crippen LogP contribution in [0.2, 0.25) is 0 Å². The van der Waals surface area contributed by atoms with Gasteiger partial charge in [0.05, 0.1) is 12.2 Å². The molecule has 1 fully saturated rings. The zero-order valence-corrected chi connectivity index (χ0v) is 12.2. The van der Waals surface area contributed by atoms with Gasteiger partial charge in [-0.05, 0) is 52.0 Å². The summed E-state index contributed by atoms with van der Waals surface area (Å²) in [5, 5.41) is 12.1. The maximum atomic E-state index is 9.04. The van der Waals surface area contributed by atoms with Gasteiger partial charge in [-0.25, -0.2) is 0 Å². The zero-order chi connectivity index (χ0) is 13.4. The highest BCUT2D eigenvalue weighted by Gasteiger charge is 2.22. The van der Waals surface area contributed by atoms with Gasteiger partial charge in [-0.2, -0.15) is 5.26 Å². The van der Waals surface area contributed by atoms with Gasteiger partial charge in [0.2, 0.25) is 0 Å². The summed E-state index contributed by atoms with van der Waals surface area (Å²) < 4.78 is 5.97. The van der Waals surface area contributed by atoms with Crippen molar-refractivity contribution >= 4 is 0 Å². The summed E-state index contributed by atoms with van der Waals surface area (Å²) in [4.78, 5) is 0. The maximum absolute atomic E-state index is 9.04. The van der Waals surface area contributed by atoms with Crippen LogP contribution in [0.25, 0.3) is 0 Å². The van der Waals surface area contributed by atoms with E-state index in [1.165, 1.54) is 25.7 Å². The van der Waals surface area contributed by atoms with E-state index in [1.807, 2.05) is 14.0 Å². The zero-order valence-electron chi connectivity index (χ0n) is 12.2. The Morgan fingerprint density at radius 2 is 2.06 bits per heavy atom. The first-order valence-corrected chi connectivity index (χ1v) is 7.33. The molecule has 0 aromatic heterocycles. The molecule has 0 heterocycles. The van der Waals surface area contributed by atoms with Crippen molar-refractivity contribution in [2.75, 3.05) is 13.7 Å². The Morgan fingerprint density at radius 3 is 2.67 bits per heavy atom. The van der Waals surface area contributed by atoms with Crippen molar-refractivity contribution in [3.8, 4) is 6.07 Å². The molecule has 1 saturated carbocycles. The predicted octanol–water partition coefficient (Wildman–Crippen LogP) is 3.25. The van der Waals surface area contributed by atoms with Gasteiger partial charge >= 0.3 is 0 Å². The molecule has 0 bridgehead atoms. The second-order valence-corrected chi connectivity index (χ2v) is 5.82. The molecule has 0 spiro atoms. The van der Waals surface area contributed by atoms with Crippen LogP contribution < -0.4 is 5.32 Å². The average molecular weight is 252 g/mol. The van der Waals surface area contributed by atoms with E-state index in [0.717, 1.165) is 31.8 Å². The lowest BCUT2D eigenvalue weighted by Crippen LogP contribution is -2.37. The third kappa shape index (κ3) is 4.96. The summed E-state index contributed by atoms with van der Waals surface area (Å²) in [6.45, 7) is 5.11. The predicted molar refractivity (Wildman–Crippen MR) is 74.3 cm³/mol. The Morgan fingerprint density at radius 1 is 1.33 bits per heavy atom. The second-order valence-electron chi connectivity index (χ2n) is 5.82. The van der Waals surface area contributed by atoms with Gasteiger partial charge in [0.1, 0.15) is 5.54 Å². The topological polar surface area (TPSA) is 45.0 Å². The van der Waals surface area contributed by atoms with Crippen molar-refractivity contribution in [3.63, 3.8) is 0 Å². The van der Waals surface area contributed by atoms with E-state index in [2.05, 4.69) is 18.3 Å². The lowest BCUT2D eigenvalue weighted by atomic mass is 9.88. The fourth-order valence-electron chi connectivity index (χ4n) is 2.58. The number of hydrogen-bond donors (Lipinski definition) is 1. The van der Waals surface area contributed by atoms with Crippen molar-refractivity contribution < 1.29 is 4.74 Å². The summed E-state index contributed by atoms with van der Waals surface area (Å²) in [6.07, 6.45) is 8.71. The van der Waals surface area contributed by atoms with Crippen LogP contribution >= 0.6 is 0 Å². The second kappa shape index (κ2) is 7.76. The molecule has 3 atom stereocenters. The molecule has 0 radical (unpaired) electrons. The highest BCUT2D eigenvalue weighted by Crippen LogP contribution is 2.26. The Kier molecular flexibility index (Phi) is 6.67. The van der Waals surface area contributed by atoms with Crippen LogP contribution in [0.5, 0.6) is 0 Å². The molecule has 0 aromatic carbocycles. The molecule has 1 aliphatic rings. The molecular weight excluding hydrogens is 224 g/mol. The van der Waals surface area contributed by atoms with Crippen LogP contribution in [0.15, 0.2) is 0 Å². The minimum Gasteiger partial charge on any atom is -0.378 e. The highest BCUT2D eigenvalue weighted by atomic mass is 16.5. The molecule has 3 nitrogen and oxygen atoms in total. The van der Waals surface area contributed by atoms with E-state index < -0.39 is 0 Å². The maximum Gasteiger partial charge on any atom is 0.103 e. The monoisotopic (exact) mass is 252 g/mol. The van der Waals surface area contributed by atoms with Crippen LogP contribution in [-0.4, -0.2) is 25.3 Å². The molecule has 18 heavy (non-hydrogen) atoms. The molecule has 0 aliphatic heterocycles. The Labute approximate surface area is 112 Å². The van der Waals surface area contributed by atoms with E-state index >= 15 is 0 Å².